The molecular weight excluding hydrogens is 835 g/mol. The van der Waals surface area contributed by atoms with Crippen LogP contribution in [0.1, 0.15) is 126 Å². The van der Waals surface area contributed by atoms with E-state index in [1.165, 1.54) is 12.0 Å². The number of cyclic esters (lactones) is 1. The second kappa shape index (κ2) is 25.1. The minimum Gasteiger partial charge on any atom is -0.460 e. The minimum atomic E-state index is -2.43. The lowest BCUT2D eigenvalue weighted by Gasteiger charge is -2.42. The number of rotatable bonds is 6. The fourth-order valence-electron chi connectivity index (χ4n) is 10.1. The normalized spacial score (nSPS) is 39.1. The molecule has 65 heavy (non-hydrogen) atoms. The van der Waals surface area contributed by atoms with E-state index in [1.807, 2.05) is 58.1 Å². The lowest BCUT2D eigenvalue weighted by Crippen LogP contribution is -2.61. The van der Waals surface area contributed by atoms with Crippen LogP contribution < -0.4 is 0 Å². The molecule has 0 aromatic carbocycles. The van der Waals surface area contributed by atoms with E-state index in [9.17, 15) is 39.3 Å². The van der Waals surface area contributed by atoms with Crippen molar-refractivity contribution in [2.45, 2.75) is 180 Å². The Balaban J connectivity index is 1.70. The van der Waals surface area contributed by atoms with Gasteiger partial charge in [0, 0.05) is 58.5 Å². The summed E-state index contributed by atoms with van der Waals surface area (Å²) in [7, 11) is 4.52. The molecule has 15 atom stereocenters. The van der Waals surface area contributed by atoms with Crippen LogP contribution in [0.2, 0.25) is 0 Å². The highest BCUT2D eigenvalue weighted by atomic mass is 16.6. The van der Waals surface area contributed by atoms with Gasteiger partial charge in [-0.3, -0.25) is 19.2 Å². The molecule has 1 aliphatic carbocycles. The average molecular weight is 914 g/mol. The predicted octanol–water partition coefficient (Wildman–Crippen LogP) is 6.18. The second-order valence-corrected chi connectivity index (χ2v) is 19.6. The molecular formula is C51H79NO13. The number of fused-ring (bicyclic) bond motifs is 3. The number of hydrogen-bond acceptors (Lipinski definition) is 13. The molecule has 3 heterocycles. The number of aliphatic hydroxyl groups excluding tert-OH is 2. The Morgan fingerprint density at radius 1 is 0.846 bits per heavy atom. The maximum Gasteiger partial charge on any atom is 0.329 e. The third-order valence-electron chi connectivity index (χ3n) is 14.5. The highest BCUT2D eigenvalue weighted by Gasteiger charge is 2.53. The first-order valence-electron chi connectivity index (χ1n) is 23.9. The summed E-state index contributed by atoms with van der Waals surface area (Å²) >= 11 is 0. The Hall–Kier alpha value is -3.37. The molecule has 14 nitrogen and oxygen atoms in total. The van der Waals surface area contributed by atoms with Gasteiger partial charge in [-0.15, -0.1) is 0 Å². The lowest BCUT2D eigenvalue weighted by atomic mass is 9.78. The molecule has 4 aliphatic rings. The molecule has 4 rings (SSSR count). The van der Waals surface area contributed by atoms with Crippen molar-refractivity contribution in [2.75, 3.05) is 27.9 Å². The van der Waals surface area contributed by atoms with E-state index in [4.69, 9.17) is 23.7 Å². The van der Waals surface area contributed by atoms with E-state index in [-0.39, 0.29) is 54.8 Å². The van der Waals surface area contributed by atoms with Crippen LogP contribution in [-0.4, -0.2) is 132 Å². The Kier molecular flexibility index (Phi) is 21.0. The Labute approximate surface area is 387 Å². The summed E-state index contributed by atoms with van der Waals surface area (Å²) in [6.45, 7) is 12.7. The van der Waals surface area contributed by atoms with Gasteiger partial charge in [-0.05, 0) is 107 Å². The molecule has 14 heteroatoms. The molecule has 0 radical (unpaired) electrons. The molecule has 1 saturated carbocycles. The van der Waals surface area contributed by atoms with Crippen molar-refractivity contribution in [3.05, 3.63) is 47.6 Å². The second-order valence-electron chi connectivity index (χ2n) is 19.6. The first kappa shape index (κ1) is 54.2. The van der Waals surface area contributed by atoms with Gasteiger partial charge in [-0.1, -0.05) is 71.1 Å². The van der Waals surface area contributed by atoms with Gasteiger partial charge in [-0.25, -0.2) is 4.79 Å². The van der Waals surface area contributed by atoms with Crippen LogP contribution in [0.5, 0.6) is 0 Å². The first-order chi connectivity index (χ1) is 30.7. The highest BCUT2D eigenvalue weighted by molar-refractivity contribution is 6.39. The molecule has 2 bridgehead atoms. The zero-order valence-corrected chi connectivity index (χ0v) is 40.6. The van der Waals surface area contributed by atoms with Crippen LogP contribution in [0.25, 0.3) is 0 Å². The van der Waals surface area contributed by atoms with E-state index < -0.39 is 83.9 Å². The van der Waals surface area contributed by atoms with Crippen molar-refractivity contribution in [3.8, 4) is 0 Å². The average Bonchev–Trinajstić information content (AvgIpc) is 3.28. The zero-order valence-electron chi connectivity index (χ0n) is 40.6. The molecule has 3 aliphatic heterocycles. The van der Waals surface area contributed by atoms with Gasteiger partial charge in [0.25, 0.3) is 11.7 Å². The predicted molar refractivity (Wildman–Crippen MR) is 245 cm³/mol. The van der Waals surface area contributed by atoms with Gasteiger partial charge in [0.2, 0.25) is 5.79 Å². The number of amides is 1. The minimum absolute atomic E-state index is 0.0193. The Morgan fingerprint density at radius 3 is 2.25 bits per heavy atom. The SMILES string of the molecule is CO[C@H]1C[C@@H]2CC[C@@H](C)[C@](O)(O2)C(=O)C(=O)N2CCCC[C@H]2C(=O)O[C@H]([C@H](C)C[C@@H]2CC[C@@H](O)[C@H](OC)C2)CC(=O)[C@H](C)/C=C(\C)[C@@H](O)[C@@H](OC)C(=O)[C@H](C)C[C@H](C)/C=C/C=CC=C1C. The molecule has 3 fully saturated rings. The Morgan fingerprint density at radius 2 is 1.57 bits per heavy atom. The monoisotopic (exact) mass is 914 g/mol. The highest BCUT2D eigenvalue weighted by Crippen LogP contribution is 2.38. The summed E-state index contributed by atoms with van der Waals surface area (Å²) in [5, 5.41) is 33.8. The van der Waals surface area contributed by atoms with Crippen LogP contribution >= 0.6 is 0 Å². The van der Waals surface area contributed by atoms with E-state index in [0.717, 1.165) is 12.0 Å². The van der Waals surface area contributed by atoms with Crippen LogP contribution in [0.4, 0.5) is 0 Å². The number of carbonyl (C=O) groups excluding carboxylic acids is 5. The number of methoxy groups -OCH3 is 3. The molecule has 0 unspecified atom stereocenters. The fraction of sp³-hybridized carbons (Fsp3) is 0.745. The van der Waals surface area contributed by atoms with Gasteiger partial charge >= 0.3 is 5.97 Å². The standard InChI is InChI=1S/C51H79NO13/c1-30-16-12-11-13-17-31(2)42(61-8)28-38-21-19-36(7)51(60,65-38)48(57)49(58)52-23-15-14-18-39(52)50(59)64-43(33(4)26-37-20-22-40(53)44(27-37)62-9)29-41(54)32(3)25-35(6)46(56)47(63-10)45(55)34(5)24-30/h11-13,16-17,25,30,32-34,36-40,42-44,46-47,53,56,60H,14-15,18-24,26-29H2,1-10H3/b13-11?,16-12+,31-17?,35-25+/t30-,32-,33-,34-,36-,37+,38+,39+,40-,42+,43+,44-,46-,47+,51+/m1/s1. The number of aliphatic hydroxyl groups is 3. The smallest absolute Gasteiger partial charge is 0.329 e. The molecule has 3 N–H and O–H groups in total. The zero-order chi connectivity index (χ0) is 48.2. The number of nitrogens with zero attached hydrogens (tertiary/aromatic N) is 1. The number of ether oxygens (including phenoxy) is 5. The van der Waals surface area contributed by atoms with Crippen LogP contribution in [0.15, 0.2) is 47.6 Å². The number of ketones is 3. The van der Waals surface area contributed by atoms with Crippen molar-refractivity contribution in [1.29, 1.82) is 0 Å². The quantitative estimate of drug-likeness (QED) is 0.156. The molecule has 0 aromatic heterocycles. The third kappa shape index (κ3) is 14.3. The van der Waals surface area contributed by atoms with Crippen LogP contribution in [0.3, 0.4) is 0 Å². The van der Waals surface area contributed by atoms with Crippen molar-refractivity contribution in [3.63, 3.8) is 0 Å². The summed E-state index contributed by atoms with van der Waals surface area (Å²) in [4.78, 5) is 71.8. The number of Topliss-reactive ketones (excluding diaryl/α,β-unsaturated/α-hetero) is 3. The van der Waals surface area contributed by atoms with Gasteiger partial charge < -0.3 is 43.9 Å². The van der Waals surface area contributed by atoms with E-state index >= 15 is 0 Å². The number of carbonyl (C=O) groups is 5. The summed E-state index contributed by atoms with van der Waals surface area (Å²) in [6, 6.07) is -1.14. The van der Waals surface area contributed by atoms with Gasteiger partial charge in [0.1, 0.15) is 30.1 Å². The third-order valence-corrected chi connectivity index (χ3v) is 14.5. The van der Waals surface area contributed by atoms with Crippen LogP contribution in [-0.2, 0) is 47.7 Å². The van der Waals surface area contributed by atoms with Crippen molar-refractivity contribution >= 4 is 29.2 Å². The molecule has 0 spiro atoms. The Bertz CT molecular complexity index is 1760. The number of piperidine rings is 1. The van der Waals surface area contributed by atoms with Gasteiger partial charge in [0.15, 0.2) is 5.78 Å². The lowest BCUT2D eigenvalue weighted by molar-refractivity contribution is -0.265. The maximum absolute atomic E-state index is 14.4. The van der Waals surface area contributed by atoms with Crippen molar-refractivity contribution in [1.82, 2.24) is 4.90 Å². The molecule has 0 aromatic rings. The van der Waals surface area contributed by atoms with Gasteiger partial charge in [-0.2, -0.15) is 0 Å². The van der Waals surface area contributed by atoms with E-state index in [1.54, 1.807) is 41.1 Å². The number of allylic oxidation sites excluding steroid dienone is 6. The molecule has 2 saturated heterocycles. The summed E-state index contributed by atoms with van der Waals surface area (Å²) < 4.78 is 29.4. The van der Waals surface area contributed by atoms with E-state index in [0.29, 0.717) is 63.4 Å². The molecule has 1 amide bonds. The van der Waals surface area contributed by atoms with Crippen molar-refractivity contribution < 1.29 is 63.0 Å². The fourth-order valence-corrected chi connectivity index (χ4v) is 10.1. The van der Waals surface area contributed by atoms with Gasteiger partial charge in [0.05, 0.1) is 24.4 Å². The first-order valence-corrected chi connectivity index (χ1v) is 23.9. The van der Waals surface area contributed by atoms with E-state index in [2.05, 4.69) is 0 Å². The largest absolute Gasteiger partial charge is 0.460 e. The number of hydrogen-bond donors (Lipinski definition) is 3. The summed E-state index contributed by atoms with van der Waals surface area (Å²) in [6.07, 6.45) is 11.2. The summed E-state index contributed by atoms with van der Waals surface area (Å²) in [5.41, 5.74) is 1.27. The number of esters is 1. The maximum atomic E-state index is 14.4. The van der Waals surface area contributed by atoms with Crippen LogP contribution in [0, 0.1) is 35.5 Å². The summed E-state index contributed by atoms with van der Waals surface area (Å²) in [5.74, 6) is -7.96. The topological polar surface area (TPSA) is 195 Å². The molecule has 366 valence electrons. The van der Waals surface area contributed by atoms with Crippen molar-refractivity contribution in [2.24, 2.45) is 35.5 Å².